The summed E-state index contributed by atoms with van der Waals surface area (Å²) in [4.78, 5) is 0. The van der Waals surface area contributed by atoms with Crippen molar-refractivity contribution in [2.24, 2.45) is 110 Å². The fourth-order valence-corrected chi connectivity index (χ4v) is 22.9. The normalized spacial score (nSPS) is 47.7. The first-order valence-electron chi connectivity index (χ1n) is 28.2. The van der Waals surface area contributed by atoms with Gasteiger partial charge in [0.2, 0.25) is 0 Å². The first-order chi connectivity index (χ1) is 34.9. The molecule has 76 heavy (non-hydrogen) atoms. The van der Waals surface area contributed by atoms with Gasteiger partial charge in [-0.25, -0.2) is 16.7 Å². The van der Waals surface area contributed by atoms with Crippen molar-refractivity contribution in [3.63, 3.8) is 0 Å². The molecule has 0 spiro atoms. The zero-order valence-corrected chi connectivity index (χ0v) is 48.9. The lowest BCUT2D eigenvalue weighted by atomic mass is 9.43. The summed E-state index contributed by atoms with van der Waals surface area (Å²) in [6, 6.07) is 0. The summed E-state index contributed by atoms with van der Waals surface area (Å²) >= 11 is 0. The van der Waals surface area contributed by atoms with Crippen molar-refractivity contribution >= 4 is 41.6 Å². The van der Waals surface area contributed by atoms with Crippen LogP contribution >= 0.6 is 0 Å². The Labute approximate surface area is 453 Å². The van der Waals surface area contributed by atoms with E-state index in [4.69, 9.17) is 16.7 Å². The quantitative estimate of drug-likeness (QED) is 0.0658. The molecule has 9 saturated carbocycles. The van der Waals surface area contributed by atoms with Gasteiger partial charge in [-0.15, -0.1) is 0 Å². The predicted molar refractivity (Wildman–Crippen MR) is 281 cm³/mol. The molecule has 22 heteroatoms. The number of fused-ring (bicyclic) bond motifs is 10. The van der Waals surface area contributed by atoms with Crippen LogP contribution < -0.4 is 0 Å². The first-order valence-corrected chi connectivity index (χ1v) is 33.7. The Morgan fingerprint density at radius 1 is 0.566 bits per heavy atom. The van der Waals surface area contributed by atoms with E-state index in [-0.39, 0.29) is 100 Å². The van der Waals surface area contributed by atoms with E-state index in [0.717, 1.165) is 63.4 Å². The second-order valence-electron chi connectivity index (χ2n) is 27.9. The van der Waals surface area contributed by atoms with Crippen LogP contribution in [-0.2, 0) is 58.3 Å². The minimum atomic E-state index is -5.15. The van der Waals surface area contributed by atoms with Gasteiger partial charge in [-0.3, -0.25) is 18.2 Å². The highest BCUT2D eigenvalue weighted by Gasteiger charge is 2.67. The number of rotatable bonds is 15. The maximum Gasteiger partial charge on any atom is 0.397 e. The van der Waals surface area contributed by atoms with Crippen molar-refractivity contribution in [1.82, 2.24) is 0 Å². The van der Waals surface area contributed by atoms with Gasteiger partial charge >= 0.3 is 41.6 Å². The summed E-state index contributed by atoms with van der Waals surface area (Å²) in [5, 5.41) is 23.2. The van der Waals surface area contributed by atoms with E-state index in [1.165, 1.54) is 0 Å². The van der Waals surface area contributed by atoms with Crippen molar-refractivity contribution in [2.45, 2.75) is 201 Å². The molecule has 436 valence electrons. The molecule has 24 atom stereocenters. The highest BCUT2D eigenvalue weighted by molar-refractivity contribution is 7.81. The van der Waals surface area contributed by atoms with Crippen molar-refractivity contribution < 1.29 is 78.8 Å². The van der Waals surface area contributed by atoms with Gasteiger partial charge in [0.15, 0.2) is 0 Å². The average Bonchev–Trinajstić information content (AvgIpc) is 3.88. The molecule has 0 heterocycles. The molecular formula is C54H88O18S4. The van der Waals surface area contributed by atoms with E-state index in [1.54, 1.807) is 0 Å². The standard InChI is InChI=1S/C54H88O18S4/c1-29(36-12-14-39-34-24-46(69-73(57,58)59)43-22-32(55)16-19-53(43,8)41(34)17-20-51(36,39)6)10-11-38-33(30(2)27-50(38,4)5)23-45(56)31(3)37-13-15-40-35-25-47(70-74(60,61)62)44-26-48(71-75(63,64)65)49(72-76(66,67)68)28-54(44,9)42(35)18-21-52(37,40)7/h10-11,29,31-49,55-56H,2,12-28H2,1,3-9H3,(H,57,58,59)(H,60,61,62)(H,63,64,65)(H,66,67,68)/b11-10+/t29-,31+,32?,33?,34+,35+,36-,37-,38?,39+,40+,41+,42+,43?,44?,45?,46?,47?,48?,49?,51-,52-,53-,54-/m1/s1. The zero-order valence-electron chi connectivity index (χ0n) is 45.6. The molecule has 0 aromatic rings. The van der Waals surface area contributed by atoms with Crippen molar-refractivity contribution in [3.05, 3.63) is 24.3 Å². The van der Waals surface area contributed by atoms with Crippen molar-refractivity contribution in [1.29, 1.82) is 0 Å². The molecular weight excluding hydrogens is 1060 g/mol. The number of aliphatic hydroxyl groups is 2. The minimum absolute atomic E-state index is 0.0272. The third-order valence-corrected chi connectivity index (χ3v) is 25.9. The lowest BCUT2D eigenvalue weighted by Gasteiger charge is -2.63. The highest BCUT2D eigenvalue weighted by Crippen LogP contribution is 2.71. The molecule has 9 fully saturated rings. The molecule has 0 saturated heterocycles. The topological polar surface area (TPSA) is 295 Å². The average molecular weight is 1150 g/mol. The largest absolute Gasteiger partial charge is 0.397 e. The monoisotopic (exact) mass is 1150 g/mol. The smallest absolute Gasteiger partial charge is 0.393 e. The SMILES string of the molecule is C=C1CC(C)(C)C(/C=C/[C@@H](C)[C@H]2CC[C@H]3[C@@H]4CC(OS(=O)(=O)O)C5CC(O)CC[C@]5(C)[C@H]4CC[C@]23C)C1CC(O)[C@@H](C)[C@H]1CC[C@H]2[C@@H]3CC(OS(=O)(=O)O)C4CC(OS(=O)(=O)O)C(OS(=O)(=O)O)C[C@]4(C)[C@H]3CC[C@]12C. The molecule has 9 aliphatic rings. The summed E-state index contributed by atoms with van der Waals surface area (Å²) in [6.45, 7) is 22.5. The highest BCUT2D eigenvalue weighted by atomic mass is 32.3. The van der Waals surface area contributed by atoms with Crippen LogP contribution in [0.5, 0.6) is 0 Å². The van der Waals surface area contributed by atoms with E-state index in [0.29, 0.717) is 49.9 Å². The van der Waals surface area contributed by atoms with Crippen molar-refractivity contribution in [2.75, 3.05) is 0 Å². The summed E-state index contributed by atoms with van der Waals surface area (Å²) in [5.74, 6) is 0.593. The third kappa shape index (κ3) is 11.1. The van der Waals surface area contributed by atoms with Crippen LogP contribution in [0.1, 0.15) is 165 Å². The molecule has 0 aliphatic heterocycles. The Morgan fingerprint density at radius 2 is 1.01 bits per heavy atom. The number of hydrogen-bond acceptors (Lipinski definition) is 14. The Morgan fingerprint density at radius 3 is 1.55 bits per heavy atom. The predicted octanol–water partition coefficient (Wildman–Crippen LogP) is 9.04. The van der Waals surface area contributed by atoms with Gasteiger partial charge in [0.25, 0.3) is 0 Å². The molecule has 6 N–H and O–H groups in total. The van der Waals surface area contributed by atoms with E-state index in [1.807, 2.05) is 6.92 Å². The maximum atomic E-state index is 12.5. The molecule has 0 radical (unpaired) electrons. The molecule has 9 aliphatic carbocycles. The summed E-state index contributed by atoms with van der Waals surface area (Å²) in [6.07, 6.45) is 9.43. The van der Waals surface area contributed by atoms with Gasteiger partial charge in [-0.05, 0) is 219 Å². The van der Waals surface area contributed by atoms with Crippen LogP contribution in [0.2, 0.25) is 0 Å². The van der Waals surface area contributed by atoms with Gasteiger partial charge in [0.1, 0.15) is 12.2 Å². The van der Waals surface area contributed by atoms with E-state index in [2.05, 4.69) is 67.2 Å². The molecule has 10 unspecified atom stereocenters. The second kappa shape index (κ2) is 20.3. The Kier molecular flexibility index (Phi) is 15.9. The molecule has 0 bridgehead atoms. The van der Waals surface area contributed by atoms with Crippen LogP contribution in [0.15, 0.2) is 24.3 Å². The Hall–Kier alpha value is -1.12. The van der Waals surface area contributed by atoms with Gasteiger partial charge in [-0.1, -0.05) is 79.7 Å². The van der Waals surface area contributed by atoms with Crippen molar-refractivity contribution in [3.8, 4) is 0 Å². The van der Waals surface area contributed by atoms with Crippen LogP contribution in [-0.4, -0.2) is 98.7 Å². The molecule has 0 aromatic carbocycles. The zero-order chi connectivity index (χ0) is 55.9. The molecule has 0 amide bonds. The molecule has 18 nitrogen and oxygen atoms in total. The summed E-state index contributed by atoms with van der Waals surface area (Å²) in [5.41, 5.74) is -0.379. The van der Waals surface area contributed by atoms with Gasteiger partial charge in [-0.2, -0.15) is 33.7 Å². The summed E-state index contributed by atoms with van der Waals surface area (Å²) < 4.78 is 157. The van der Waals surface area contributed by atoms with Gasteiger partial charge in [0.05, 0.1) is 24.4 Å². The Bertz CT molecular complexity index is 2700. The number of allylic oxidation sites excluding steroid dienone is 3. The fourth-order valence-electron chi connectivity index (χ4n) is 20.9. The van der Waals surface area contributed by atoms with Crippen LogP contribution in [0, 0.1) is 110 Å². The summed E-state index contributed by atoms with van der Waals surface area (Å²) in [7, 11) is -20.0. The van der Waals surface area contributed by atoms with Crippen LogP contribution in [0.4, 0.5) is 0 Å². The number of aliphatic hydroxyl groups excluding tert-OH is 2. The van der Waals surface area contributed by atoms with E-state index < -0.39 is 89.6 Å². The maximum absolute atomic E-state index is 12.5. The third-order valence-electron chi connectivity index (χ3n) is 23.9. The second-order valence-corrected chi connectivity index (χ2v) is 32.1. The Balaban J connectivity index is 0.898. The fraction of sp³-hybridized carbons (Fsp3) is 0.926. The molecule has 0 aromatic heterocycles. The van der Waals surface area contributed by atoms with E-state index in [9.17, 15) is 62.1 Å². The van der Waals surface area contributed by atoms with Gasteiger partial charge < -0.3 is 10.2 Å². The molecule has 9 rings (SSSR count). The van der Waals surface area contributed by atoms with Crippen LogP contribution in [0.25, 0.3) is 0 Å². The lowest BCUT2D eigenvalue weighted by Crippen LogP contribution is -2.62. The first kappa shape index (κ1) is 59.5. The van der Waals surface area contributed by atoms with E-state index >= 15 is 0 Å². The van der Waals surface area contributed by atoms with Crippen LogP contribution in [0.3, 0.4) is 0 Å². The lowest BCUT2D eigenvalue weighted by molar-refractivity contribution is -0.185. The number of hydrogen-bond donors (Lipinski definition) is 6. The minimum Gasteiger partial charge on any atom is -0.393 e. The van der Waals surface area contributed by atoms with Gasteiger partial charge in [0, 0.05) is 0 Å².